The zero-order chi connectivity index (χ0) is 19.4. The van der Waals surface area contributed by atoms with Gasteiger partial charge in [-0.2, -0.15) is 0 Å². The number of rotatable bonds is 7. The zero-order valence-corrected chi connectivity index (χ0v) is 16.2. The normalized spacial score (nSPS) is 11.1. The molecule has 2 heterocycles. The Morgan fingerprint density at radius 3 is 2.63 bits per heavy atom. The number of nitrogens with two attached hydrogens (primary N) is 1. The largest absolute Gasteiger partial charge is 0.382 e. The van der Waals surface area contributed by atoms with E-state index in [-0.39, 0.29) is 5.91 Å². The Hall–Kier alpha value is -2.89. The van der Waals surface area contributed by atoms with Crippen molar-refractivity contribution in [3.63, 3.8) is 0 Å². The number of hydrogen-bond acceptors (Lipinski definition) is 4. The van der Waals surface area contributed by atoms with Crippen molar-refractivity contribution < 1.29 is 4.79 Å². The Labute approximate surface area is 159 Å². The third-order valence-electron chi connectivity index (χ3n) is 4.95. The van der Waals surface area contributed by atoms with Crippen LogP contribution in [-0.2, 0) is 17.8 Å². The van der Waals surface area contributed by atoms with E-state index < -0.39 is 0 Å². The van der Waals surface area contributed by atoms with E-state index in [1.807, 2.05) is 51.1 Å². The lowest BCUT2D eigenvalue weighted by Crippen LogP contribution is -2.25. The van der Waals surface area contributed by atoms with Gasteiger partial charge in [-0.15, -0.1) is 0 Å². The SMILES string of the molecule is Cc1nc(N)c2nc(C)n(CCCNC(=O)CCc3ccccc3)c2c1C. The first kappa shape index (κ1) is 18.9. The van der Waals surface area contributed by atoms with Gasteiger partial charge in [-0.05, 0) is 44.7 Å². The van der Waals surface area contributed by atoms with Gasteiger partial charge in [0.2, 0.25) is 5.91 Å². The summed E-state index contributed by atoms with van der Waals surface area (Å²) in [7, 11) is 0. The van der Waals surface area contributed by atoms with Crippen LogP contribution in [0.25, 0.3) is 11.0 Å². The fraction of sp³-hybridized carbons (Fsp3) is 0.381. The molecule has 142 valence electrons. The van der Waals surface area contributed by atoms with Crippen molar-refractivity contribution in [2.45, 2.75) is 46.6 Å². The van der Waals surface area contributed by atoms with E-state index in [2.05, 4.69) is 19.9 Å². The summed E-state index contributed by atoms with van der Waals surface area (Å²) >= 11 is 0. The molecular formula is C21H27N5O. The molecule has 27 heavy (non-hydrogen) atoms. The Balaban J connectivity index is 1.55. The van der Waals surface area contributed by atoms with Crippen molar-refractivity contribution in [3.8, 4) is 0 Å². The Morgan fingerprint density at radius 1 is 1.15 bits per heavy atom. The molecule has 0 aliphatic heterocycles. The van der Waals surface area contributed by atoms with Gasteiger partial charge in [0.1, 0.15) is 11.3 Å². The number of amides is 1. The summed E-state index contributed by atoms with van der Waals surface area (Å²) in [5.41, 5.74) is 11.1. The second kappa shape index (κ2) is 8.20. The van der Waals surface area contributed by atoms with Crippen molar-refractivity contribution in [2.24, 2.45) is 0 Å². The monoisotopic (exact) mass is 365 g/mol. The van der Waals surface area contributed by atoms with Gasteiger partial charge in [0.05, 0.1) is 5.52 Å². The molecule has 0 saturated heterocycles. The summed E-state index contributed by atoms with van der Waals surface area (Å²) in [6.07, 6.45) is 2.12. The van der Waals surface area contributed by atoms with E-state index in [9.17, 15) is 4.79 Å². The van der Waals surface area contributed by atoms with Gasteiger partial charge < -0.3 is 15.6 Å². The maximum atomic E-state index is 12.0. The van der Waals surface area contributed by atoms with Crippen LogP contribution in [0.2, 0.25) is 0 Å². The van der Waals surface area contributed by atoms with Gasteiger partial charge in [0.15, 0.2) is 5.82 Å². The highest BCUT2D eigenvalue weighted by Crippen LogP contribution is 2.25. The van der Waals surface area contributed by atoms with Crippen molar-refractivity contribution in [2.75, 3.05) is 12.3 Å². The van der Waals surface area contributed by atoms with Crippen molar-refractivity contribution in [1.29, 1.82) is 0 Å². The maximum Gasteiger partial charge on any atom is 0.220 e. The minimum Gasteiger partial charge on any atom is -0.382 e. The minimum atomic E-state index is 0.0894. The summed E-state index contributed by atoms with van der Waals surface area (Å²) in [6.45, 7) is 7.42. The van der Waals surface area contributed by atoms with Gasteiger partial charge in [-0.25, -0.2) is 9.97 Å². The summed E-state index contributed by atoms with van der Waals surface area (Å²) in [4.78, 5) is 21.0. The van der Waals surface area contributed by atoms with E-state index in [4.69, 9.17) is 5.73 Å². The van der Waals surface area contributed by atoms with Crippen LogP contribution in [0.15, 0.2) is 30.3 Å². The van der Waals surface area contributed by atoms with Crippen molar-refractivity contribution in [1.82, 2.24) is 19.9 Å². The van der Waals surface area contributed by atoms with Gasteiger partial charge in [0, 0.05) is 25.2 Å². The average molecular weight is 365 g/mol. The standard InChI is InChI=1S/C21H27N5O/c1-14-15(2)24-21(22)19-20(14)26(16(3)25-19)13-7-12-23-18(27)11-10-17-8-5-4-6-9-17/h4-6,8-9H,7,10-13H2,1-3H3,(H2,22,24)(H,23,27). The number of aryl methyl sites for hydroxylation is 5. The second-order valence-corrected chi connectivity index (χ2v) is 6.90. The number of pyridine rings is 1. The molecule has 0 saturated carbocycles. The van der Waals surface area contributed by atoms with Crippen LogP contribution in [0.4, 0.5) is 5.82 Å². The predicted molar refractivity (Wildman–Crippen MR) is 109 cm³/mol. The summed E-state index contributed by atoms with van der Waals surface area (Å²) in [6, 6.07) is 10.1. The third-order valence-corrected chi connectivity index (χ3v) is 4.95. The number of aromatic nitrogens is 3. The van der Waals surface area contributed by atoms with E-state index >= 15 is 0 Å². The molecule has 0 fully saturated rings. The van der Waals surface area contributed by atoms with E-state index in [1.165, 1.54) is 5.56 Å². The topological polar surface area (TPSA) is 85.8 Å². The van der Waals surface area contributed by atoms with Crippen LogP contribution in [0.3, 0.4) is 0 Å². The van der Waals surface area contributed by atoms with Gasteiger partial charge in [-0.1, -0.05) is 30.3 Å². The Bertz CT molecular complexity index is 946. The highest BCUT2D eigenvalue weighted by Gasteiger charge is 2.15. The lowest BCUT2D eigenvalue weighted by Gasteiger charge is -2.11. The molecule has 6 heteroatoms. The molecule has 2 aromatic heterocycles. The molecule has 0 spiro atoms. The van der Waals surface area contributed by atoms with Crippen LogP contribution in [-0.4, -0.2) is 27.0 Å². The average Bonchev–Trinajstić information content (AvgIpc) is 2.99. The number of imidazole rings is 1. The summed E-state index contributed by atoms with van der Waals surface area (Å²) < 4.78 is 2.17. The molecule has 3 aromatic rings. The number of hydrogen-bond donors (Lipinski definition) is 2. The van der Waals surface area contributed by atoms with E-state index in [0.717, 1.165) is 47.5 Å². The lowest BCUT2D eigenvalue weighted by atomic mass is 10.1. The molecule has 0 bridgehead atoms. The number of benzene rings is 1. The Morgan fingerprint density at radius 2 is 1.89 bits per heavy atom. The van der Waals surface area contributed by atoms with Crippen LogP contribution in [0.1, 0.15) is 35.5 Å². The summed E-state index contributed by atoms with van der Waals surface area (Å²) in [5.74, 6) is 1.48. The molecular weight excluding hydrogens is 338 g/mol. The zero-order valence-electron chi connectivity index (χ0n) is 16.2. The number of anilines is 1. The highest BCUT2D eigenvalue weighted by atomic mass is 16.1. The molecule has 3 N–H and O–H groups in total. The number of nitrogens with zero attached hydrogens (tertiary/aromatic N) is 3. The number of nitrogens with one attached hydrogen (secondary N) is 1. The smallest absolute Gasteiger partial charge is 0.220 e. The maximum absolute atomic E-state index is 12.0. The van der Waals surface area contributed by atoms with Gasteiger partial charge in [-0.3, -0.25) is 4.79 Å². The van der Waals surface area contributed by atoms with Crippen LogP contribution in [0.5, 0.6) is 0 Å². The molecule has 3 rings (SSSR count). The highest BCUT2D eigenvalue weighted by molar-refractivity contribution is 5.88. The first-order valence-electron chi connectivity index (χ1n) is 9.37. The first-order chi connectivity index (χ1) is 13.0. The van der Waals surface area contributed by atoms with E-state index in [1.54, 1.807) is 0 Å². The van der Waals surface area contributed by atoms with Crippen LogP contribution >= 0.6 is 0 Å². The predicted octanol–water partition coefficient (Wildman–Crippen LogP) is 3.08. The molecule has 0 radical (unpaired) electrons. The minimum absolute atomic E-state index is 0.0894. The molecule has 1 aromatic carbocycles. The lowest BCUT2D eigenvalue weighted by molar-refractivity contribution is -0.121. The number of carbonyl (C=O) groups excluding carboxylic acids is 1. The quantitative estimate of drug-likeness (QED) is 0.630. The number of fused-ring (bicyclic) bond motifs is 1. The van der Waals surface area contributed by atoms with Crippen molar-refractivity contribution in [3.05, 3.63) is 53.0 Å². The van der Waals surface area contributed by atoms with E-state index in [0.29, 0.717) is 18.8 Å². The van der Waals surface area contributed by atoms with Gasteiger partial charge >= 0.3 is 0 Å². The first-order valence-corrected chi connectivity index (χ1v) is 9.37. The molecule has 1 amide bonds. The number of nitrogen functional groups attached to an aromatic ring is 1. The van der Waals surface area contributed by atoms with Crippen LogP contribution < -0.4 is 11.1 Å². The fourth-order valence-electron chi connectivity index (χ4n) is 3.34. The molecule has 0 unspecified atom stereocenters. The third kappa shape index (κ3) is 4.27. The van der Waals surface area contributed by atoms with Crippen molar-refractivity contribution >= 4 is 22.8 Å². The summed E-state index contributed by atoms with van der Waals surface area (Å²) in [5, 5.41) is 3.01. The second-order valence-electron chi connectivity index (χ2n) is 6.90. The Kier molecular flexibility index (Phi) is 5.74. The molecule has 0 aliphatic carbocycles. The molecule has 0 aliphatic rings. The van der Waals surface area contributed by atoms with Crippen LogP contribution in [0, 0.1) is 20.8 Å². The molecule has 0 atom stereocenters. The van der Waals surface area contributed by atoms with Gasteiger partial charge in [0.25, 0.3) is 0 Å². The molecule has 6 nitrogen and oxygen atoms in total. The fourth-order valence-corrected chi connectivity index (χ4v) is 3.34. The number of carbonyl (C=O) groups is 1.